The molecule has 0 aliphatic carbocycles. The zero-order valence-electron chi connectivity index (χ0n) is 9.29. The number of methoxy groups -OCH3 is 1. The number of ether oxygens (including phenoxy) is 1. The van der Waals surface area contributed by atoms with E-state index < -0.39 is 12.1 Å². The Morgan fingerprint density at radius 2 is 1.19 bits per heavy atom. The molecule has 0 aliphatic rings. The summed E-state index contributed by atoms with van der Waals surface area (Å²) in [5, 5.41) is 15.2. The summed E-state index contributed by atoms with van der Waals surface area (Å²) in [6.07, 6.45) is -1.02. The highest BCUT2D eigenvalue weighted by Crippen LogP contribution is 1.79. The Morgan fingerprint density at radius 1 is 1.00 bits per heavy atom. The molecule has 0 fully saturated rings. The molecule has 1 aromatic rings. The summed E-state index contributed by atoms with van der Waals surface area (Å²) in [4.78, 5) is 18.5. The van der Waals surface area contributed by atoms with Crippen molar-refractivity contribution < 1.29 is 24.5 Å². The molecule has 0 amide bonds. The van der Waals surface area contributed by atoms with Gasteiger partial charge in [0, 0.05) is 6.42 Å². The van der Waals surface area contributed by atoms with Crippen molar-refractivity contribution in [1.82, 2.24) is 0 Å². The Labute approximate surface area is 94.3 Å². The maximum atomic E-state index is 9.37. The maximum absolute atomic E-state index is 9.37. The predicted octanol–water partition coefficient (Wildman–Crippen LogP) is 2.48. The highest BCUT2D eigenvalue weighted by Gasteiger charge is 1.81. The number of carboxylic acids is 1. The van der Waals surface area contributed by atoms with Crippen molar-refractivity contribution >= 4 is 12.1 Å². The van der Waals surface area contributed by atoms with Crippen LogP contribution in [-0.2, 0) is 9.53 Å². The van der Waals surface area contributed by atoms with E-state index >= 15 is 0 Å². The van der Waals surface area contributed by atoms with Crippen molar-refractivity contribution in [2.24, 2.45) is 0 Å². The smallest absolute Gasteiger partial charge is 0.481 e. The first kappa shape index (κ1) is 16.4. The monoisotopic (exact) mass is 228 g/mol. The molecular weight excluding hydrogens is 212 g/mol. The summed E-state index contributed by atoms with van der Waals surface area (Å²) in [7, 11) is 1.10. The van der Waals surface area contributed by atoms with Crippen LogP contribution in [0.25, 0.3) is 0 Å². The average Bonchev–Trinajstić information content (AvgIpc) is 2.32. The van der Waals surface area contributed by atoms with Crippen LogP contribution in [0.3, 0.4) is 0 Å². The van der Waals surface area contributed by atoms with Gasteiger partial charge < -0.3 is 14.9 Å². The summed E-state index contributed by atoms with van der Waals surface area (Å²) >= 11 is 0. The number of benzene rings is 1. The lowest BCUT2D eigenvalue weighted by molar-refractivity contribution is -0.136. The van der Waals surface area contributed by atoms with E-state index in [2.05, 4.69) is 4.74 Å². The van der Waals surface area contributed by atoms with Crippen molar-refractivity contribution in [2.75, 3.05) is 7.11 Å². The molecule has 0 atom stereocenters. The van der Waals surface area contributed by atoms with Gasteiger partial charge in [-0.05, 0) is 0 Å². The Balaban J connectivity index is 0. The van der Waals surface area contributed by atoms with Gasteiger partial charge in [-0.15, -0.1) is 0 Å². The van der Waals surface area contributed by atoms with Crippen LogP contribution < -0.4 is 0 Å². The van der Waals surface area contributed by atoms with Gasteiger partial charge in [-0.25, -0.2) is 4.79 Å². The molecule has 0 aliphatic heterocycles. The lowest BCUT2D eigenvalue weighted by atomic mass is 10.4. The van der Waals surface area contributed by atoms with E-state index in [1.54, 1.807) is 6.92 Å². The number of hydrogen-bond donors (Lipinski definition) is 2. The standard InChI is InChI=1S/C6H6.C3H6O2.C2H4O3/c1-2-4-6-5-3-1;1-2-3(4)5;1-5-2(3)4/h1-6H;2H2,1H3,(H,4,5);1H3,(H,3,4). The van der Waals surface area contributed by atoms with E-state index in [1.807, 2.05) is 36.4 Å². The van der Waals surface area contributed by atoms with E-state index in [4.69, 9.17) is 15.0 Å². The Bertz CT molecular complexity index is 230. The van der Waals surface area contributed by atoms with Crippen molar-refractivity contribution in [1.29, 1.82) is 0 Å². The van der Waals surface area contributed by atoms with Crippen LogP contribution in [0.2, 0.25) is 0 Å². The topological polar surface area (TPSA) is 83.8 Å². The second-order valence-electron chi connectivity index (χ2n) is 2.37. The highest BCUT2D eigenvalue weighted by molar-refractivity contribution is 5.66. The van der Waals surface area contributed by atoms with E-state index in [1.165, 1.54) is 0 Å². The molecule has 0 aromatic heterocycles. The van der Waals surface area contributed by atoms with Gasteiger partial charge >= 0.3 is 12.1 Å². The quantitative estimate of drug-likeness (QED) is 0.721. The zero-order valence-corrected chi connectivity index (χ0v) is 9.29. The molecule has 90 valence electrons. The Kier molecular flexibility index (Phi) is 13.3. The van der Waals surface area contributed by atoms with Gasteiger partial charge in [-0.2, -0.15) is 0 Å². The minimum Gasteiger partial charge on any atom is -0.481 e. The molecule has 0 saturated heterocycles. The normalized spacial score (nSPS) is 7.38. The van der Waals surface area contributed by atoms with Crippen LogP contribution in [0.1, 0.15) is 13.3 Å². The third-order valence-electron chi connectivity index (χ3n) is 1.14. The van der Waals surface area contributed by atoms with Crippen LogP contribution in [-0.4, -0.2) is 29.4 Å². The first-order valence-corrected chi connectivity index (χ1v) is 4.53. The van der Waals surface area contributed by atoms with Gasteiger partial charge in [-0.3, -0.25) is 4.79 Å². The second-order valence-corrected chi connectivity index (χ2v) is 2.37. The lowest BCUT2D eigenvalue weighted by Gasteiger charge is -1.79. The first-order valence-electron chi connectivity index (χ1n) is 4.53. The molecule has 16 heavy (non-hydrogen) atoms. The number of carbonyl (C=O) groups is 2. The number of aliphatic carboxylic acids is 1. The molecule has 5 heteroatoms. The minimum absolute atomic E-state index is 0.222. The molecule has 0 spiro atoms. The highest BCUT2D eigenvalue weighted by atomic mass is 16.6. The molecule has 0 bridgehead atoms. The van der Waals surface area contributed by atoms with Crippen LogP contribution in [0.4, 0.5) is 4.79 Å². The van der Waals surface area contributed by atoms with E-state index in [0.29, 0.717) is 0 Å². The molecule has 0 radical (unpaired) electrons. The molecule has 1 rings (SSSR count). The Morgan fingerprint density at radius 3 is 1.25 bits per heavy atom. The maximum Gasteiger partial charge on any atom is 0.505 e. The number of rotatable bonds is 1. The zero-order chi connectivity index (χ0) is 12.8. The summed E-state index contributed by atoms with van der Waals surface area (Å²) in [6.45, 7) is 1.60. The summed E-state index contributed by atoms with van der Waals surface area (Å²) in [6, 6.07) is 12.0. The fraction of sp³-hybridized carbons (Fsp3) is 0.273. The SMILES string of the molecule is CCC(=O)O.COC(=O)O.c1ccccc1. The van der Waals surface area contributed by atoms with Gasteiger partial charge in [0.1, 0.15) is 0 Å². The first-order chi connectivity index (χ1) is 7.54. The van der Waals surface area contributed by atoms with Gasteiger partial charge in [0.25, 0.3) is 0 Å². The van der Waals surface area contributed by atoms with E-state index in [0.717, 1.165) is 7.11 Å². The Hall–Kier alpha value is -2.04. The molecule has 0 heterocycles. The predicted molar refractivity (Wildman–Crippen MR) is 59.4 cm³/mol. The largest absolute Gasteiger partial charge is 0.505 e. The molecule has 0 saturated carbocycles. The van der Waals surface area contributed by atoms with Gasteiger partial charge in [0.05, 0.1) is 7.11 Å². The minimum atomic E-state index is -1.25. The second kappa shape index (κ2) is 13.0. The summed E-state index contributed by atoms with van der Waals surface area (Å²) in [5.74, 6) is -0.745. The van der Waals surface area contributed by atoms with E-state index in [9.17, 15) is 4.79 Å². The molecule has 0 unspecified atom stereocenters. The van der Waals surface area contributed by atoms with Gasteiger partial charge in [0.2, 0.25) is 0 Å². The fourth-order valence-corrected chi connectivity index (χ4v) is 0.385. The van der Waals surface area contributed by atoms with Crippen LogP contribution >= 0.6 is 0 Å². The fourth-order valence-electron chi connectivity index (χ4n) is 0.385. The summed E-state index contributed by atoms with van der Waals surface area (Å²) < 4.78 is 3.67. The molecular formula is C11H16O5. The van der Waals surface area contributed by atoms with Crippen molar-refractivity contribution in [3.63, 3.8) is 0 Å². The average molecular weight is 228 g/mol. The summed E-state index contributed by atoms with van der Waals surface area (Å²) in [5.41, 5.74) is 0. The van der Waals surface area contributed by atoms with Crippen LogP contribution in [0.5, 0.6) is 0 Å². The van der Waals surface area contributed by atoms with Gasteiger partial charge in [0.15, 0.2) is 0 Å². The molecule has 5 nitrogen and oxygen atoms in total. The molecule has 1 aromatic carbocycles. The molecule has 2 N–H and O–H groups in total. The lowest BCUT2D eigenvalue weighted by Crippen LogP contribution is -1.91. The number of hydrogen-bond acceptors (Lipinski definition) is 3. The van der Waals surface area contributed by atoms with Crippen molar-refractivity contribution in [3.8, 4) is 0 Å². The van der Waals surface area contributed by atoms with Gasteiger partial charge in [-0.1, -0.05) is 43.3 Å². The third-order valence-corrected chi connectivity index (χ3v) is 1.14. The van der Waals surface area contributed by atoms with Crippen molar-refractivity contribution in [2.45, 2.75) is 13.3 Å². The van der Waals surface area contributed by atoms with Crippen LogP contribution in [0.15, 0.2) is 36.4 Å². The number of carboxylic acid groups (broad SMARTS) is 2. The third kappa shape index (κ3) is 22.7. The van der Waals surface area contributed by atoms with E-state index in [-0.39, 0.29) is 6.42 Å². The van der Waals surface area contributed by atoms with Crippen molar-refractivity contribution in [3.05, 3.63) is 36.4 Å². The van der Waals surface area contributed by atoms with Crippen LogP contribution in [0, 0.1) is 0 Å².